The Balaban J connectivity index is 2.24. The van der Waals surface area contributed by atoms with E-state index in [1.54, 1.807) is 12.1 Å². The first-order valence-corrected chi connectivity index (χ1v) is 7.08. The zero-order valence-electron chi connectivity index (χ0n) is 9.75. The quantitative estimate of drug-likeness (QED) is 0.535. The fourth-order valence-corrected chi connectivity index (χ4v) is 2.78. The summed E-state index contributed by atoms with van der Waals surface area (Å²) in [5.74, 6) is -0.357. The molecule has 0 radical (unpaired) electrons. The average molecular weight is 339 g/mol. The number of rotatable bonds is 3. The van der Waals surface area contributed by atoms with Crippen molar-refractivity contribution in [3.63, 3.8) is 0 Å². The number of carbonyl (C=O) groups excluding carboxylic acids is 1. The lowest BCUT2D eigenvalue weighted by Crippen LogP contribution is -2.06. The summed E-state index contributed by atoms with van der Waals surface area (Å²) < 4.78 is 37.3. The van der Waals surface area contributed by atoms with Crippen LogP contribution in [-0.2, 0) is 6.18 Å². The second kappa shape index (κ2) is 5.76. The van der Waals surface area contributed by atoms with Gasteiger partial charge < -0.3 is 0 Å². The molecule has 0 unspecified atom stereocenters. The first kappa shape index (κ1) is 15.4. The fraction of sp³-hybridized carbons (Fsp3) is 0.154. The normalized spacial score (nSPS) is 11.9. The molecule has 0 aliphatic heterocycles. The molecule has 20 heavy (non-hydrogen) atoms. The minimum Gasteiger partial charge on any atom is -0.288 e. The third kappa shape index (κ3) is 3.34. The van der Waals surface area contributed by atoms with Gasteiger partial charge in [0.25, 0.3) is 0 Å². The van der Waals surface area contributed by atoms with Gasteiger partial charge in [-0.3, -0.25) is 4.79 Å². The van der Waals surface area contributed by atoms with Gasteiger partial charge >= 0.3 is 6.18 Å². The topological polar surface area (TPSA) is 17.1 Å². The SMILES string of the molecule is O=C(c1ccc(C(F)(F)F)cc1)c1ccc(C(Cl)Cl)s1. The summed E-state index contributed by atoms with van der Waals surface area (Å²) in [7, 11) is 0. The van der Waals surface area contributed by atoms with Gasteiger partial charge in [0.05, 0.1) is 10.4 Å². The number of ketones is 1. The Bertz CT molecular complexity index is 617. The van der Waals surface area contributed by atoms with E-state index in [-0.39, 0.29) is 11.3 Å². The van der Waals surface area contributed by atoms with Crippen LogP contribution in [-0.4, -0.2) is 5.78 Å². The molecule has 1 aromatic carbocycles. The molecule has 2 aromatic rings. The highest BCUT2D eigenvalue weighted by Gasteiger charge is 2.30. The van der Waals surface area contributed by atoms with Gasteiger partial charge in [-0.25, -0.2) is 0 Å². The summed E-state index contributed by atoms with van der Waals surface area (Å²) in [6.07, 6.45) is -4.41. The molecule has 0 fully saturated rings. The van der Waals surface area contributed by atoms with Crippen LogP contribution in [0.1, 0.15) is 30.5 Å². The van der Waals surface area contributed by atoms with E-state index >= 15 is 0 Å². The van der Waals surface area contributed by atoms with Crippen molar-refractivity contribution in [3.05, 3.63) is 57.3 Å². The van der Waals surface area contributed by atoms with Crippen LogP contribution in [0.3, 0.4) is 0 Å². The van der Waals surface area contributed by atoms with Gasteiger partial charge in [-0.2, -0.15) is 13.2 Å². The number of hydrogen-bond donors (Lipinski definition) is 0. The minimum absolute atomic E-state index is 0.187. The molecule has 7 heteroatoms. The molecule has 0 saturated heterocycles. The highest BCUT2D eigenvalue weighted by atomic mass is 35.5. The van der Waals surface area contributed by atoms with E-state index in [4.69, 9.17) is 23.2 Å². The van der Waals surface area contributed by atoms with Crippen LogP contribution in [0.25, 0.3) is 0 Å². The Morgan fingerprint density at radius 1 is 1.05 bits per heavy atom. The standard InChI is InChI=1S/C13H7Cl2F3OS/c14-12(15)10-6-5-9(20-10)11(19)7-1-3-8(4-2-7)13(16,17)18/h1-6,12H. The number of carbonyl (C=O) groups is 1. The molecule has 0 aliphatic rings. The molecular formula is C13H7Cl2F3OS. The first-order chi connectivity index (χ1) is 9.29. The predicted octanol–water partition coefficient (Wildman–Crippen LogP) is 5.47. The zero-order chi connectivity index (χ0) is 14.9. The van der Waals surface area contributed by atoms with Crippen molar-refractivity contribution >= 4 is 40.3 Å². The van der Waals surface area contributed by atoms with Crippen LogP contribution in [0.5, 0.6) is 0 Å². The minimum atomic E-state index is -4.41. The first-order valence-electron chi connectivity index (χ1n) is 5.39. The molecule has 0 N–H and O–H groups in total. The molecule has 1 aromatic heterocycles. The number of thiophene rings is 1. The van der Waals surface area contributed by atoms with Crippen LogP contribution >= 0.6 is 34.5 Å². The van der Waals surface area contributed by atoms with E-state index in [1.165, 1.54) is 0 Å². The van der Waals surface area contributed by atoms with Gasteiger partial charge in [0.15, 0.2) is 0 Å². The lowest BCUT2D eigenvalue weighted by Gasteiger charge is -2.06. The van der Waals surface area contributed by atoms with E-state index in [0.29, 0.717) is 9.75 Å². The molecule has 0 bridgehead atoms. The van der Waals surface area contributed by atoms with Crippen LogP contribution in [0.4, 0.5) is 13.2 Å². The predicted molar refractivity (Wildman–Crippen MR) is 73.6 cm³/mol. The van der Waals surface area contributed by atoms with Crippen molar-refractivity contribution in [1.29, 1.82) is 0 Å². The summed E-state index contributed by atoms with van der Waals surface area (Å²) in [5, 5.41) is 0. The van der Waals surface area contributed by atoms with Gasteiger partial charge in [-0.05, 0) is 24.3 Å². The molecule has 0 spiro atoms. The monoisotopic (exact) mass is 338 g/mol. The highest BCUT2D eigenvalue weighted by molar-refractivity contribution is 7.14. The van der Waals surface area contributed by atoms with Crippen LogP contribution < -0.4 is 0 Å². The number of alkyl halides is 5. The maximum absolute atomic E-state index is 12.4. The van der Waals surface area contributed by atoms with Gasteiger partial charge in [-0.15, -0.1) is 11.3 Å². The summed E-state index contributed by atoms with van der Waals surface area (Å²) in [6.45, 7) is 0. The molecule has 106 valence electrons. The van der Waals surface area contributed by atoms with E-state index in [1.807, 2.05) is 0 Å². The molecule has 0 saturated carbocycles. The molecule has 0 atom stereocenters. The van der Waals surface area contributed by atoms with E-state index in [9.17, 15) is 18.0 Å². The van der Waals surface area contributed by atoms with Crippen molar-refractivity contribution in [2.75, 3.05) is 0 Å². The summed E-state index contributed by atoms with van der Waals surface area (Å²) >= 11 is 12.5. The second-order valence-corrected chi connectivity index (χ2v) is 6.12. The lowest BCUT2D eigenvalue weighted by molar-refractivity contribution is -0.137. The fourth-order valence-electron chi connectivity index (χ4n) is 1.54. The van der Waals surface area contributed by atoms with E-state index in [2.05, 4.69) is 0 Å². The Labute approximate surface area is 126 Å². The van der Waals surface area contributed by atoms with Gasteiger partial charge in [-0.1, -0.05) is 35.3 Å². The van der Waals surface area contributed by atoms with Gasteiger partial charge in [0.1, 0.15) is 4.84 Å². The van der Waals surface area contributed by atoms with Gasteiger partial charge in [0, 0.05) is 10.4 Å². The second-order valence-electron chi connectivity index (χ2n) is 3.91. The Hall–Kier alpha value is -1.04. The number of halogens is 5. The Morgan fingerprint density at radius 2 is 1.65 bits per heavy atom. The summed E-state index contributed by atoms with van der Waals surface area (Å²) in [4.78, 5) is 12.4. The van der Waals surface area contributed by atoms with Crippen molar-refractivity contribution in [2.45, 2.75) is 11.0 Å². The Morgan fingerprint density at radius 3 is 2.10 bits per heavy atom. The van der Waals surface area contributed by atoms with Crippen molar-refractivity contribution in [3.8, 4) is 0 Å². The average Bonchev–Trinajstić information content (AvgIpc) is 2.86. The highest BCUT2D eigenvalue weighted by Crippen LogP contribution is 2.33. The largest absolute Gasteiger partial charge is 0.416 e. The van der Waals surface area contributed by atoms with Crippen LogP contribution in [0.2, 0.25) is 0 Å². The molecule has 1 nitrogen and oxygen atoms in total. The van der Waals surface area contributed by atoms with Crippen LogP contribution in [0.15, 0.2) is 36.4 Å². The maximum atomic E-state index is 12.4. The zero-order valence-corrected chi connectivity index (χ0v) is 12.1. The summed E-state index contributed by atoms with van der Waals surface area (Å²) in [6, 6.07) is 7.25. The van der Waals surface area contributed by atoms with Crippen molar-refractivity contribution < 1.29 is 18.0 Å². The van der Waals surface area contributed by atoms with Gasteiger partial charge in [0.2, 0.25) is 5.78 Å². The molecule has 0 aliphatic carbocycles. The smallest absolute Gasteiger partial charge is 0.288 e. The van der Waals surface area contributed by atoms with Crippen LogP contribution in [0, 0.1) is 0 Å². The number of benzene rings is 1. The molecule has 2 rings (SSSR count). The number of hydrogen-bond acceptors (Lipinski definition) is 2. The molecular weight excluding hydrogens is 332 g/mol. The van der Waals surface area contributed by atoms with E-state index in [0.717, 1.165) is 35.6 Å². The Kier molecular flexibility index (Phi) is 4.42. The molecule has 0 amide bonds. The lowest BCUT2D eigenvalue weighted by atomic mass is 10.1. The third-order valence-corrected chi connectivity index (χ3v) is 4.42. The van der Waals surface area contributed by atoms with Crippen molar-refractivity contribution in [1.82, 2.24) is 0 Å². The summed E-state index contributed by atoms with van der Waals surface area (Å²) in [5.41, 5.74) is -0.602. The van der Waals surface area contributed by atoms with E-state index < -0.39 is 16.6 Å². The van der Waals surface area contributed by atoms with Crippen molar-refractivity contribution in [2.24, 2.45) is 0 Å². The molecule has 1 heterocycles. The third-order valence-electron chi connectivity index (χ3n) is 2.54. The maximum Gasteiger partial charge on any atom is 0.416 e.